The number of rotatable bonds is 4. The Labute approximate surface area is 90.2 Å². The van der Waals surface area contributed by atoms with Gasteiger partial charge in [-0.3, -0.25) is 4.79 Å². The molecule has 5 heteroatoms. The van der Waals surface area contributed by atoms with Crippen LogP contribution in [0.3, 0.4) is 0 Å². The highest BCUT2D eigenvalue weighted by Gasteiger charge is 2.24. The van der Waals surface area contributed by atoms with Crippen LogP contribution in [0.1, 0.15) is 19.8 Å². The van der Waals surface area contributed by atoms with E-state index in [1.54, 1.807) is 11.8 Å². The van der Waals surface area contributed by atoms with Crippen molar-refractivity contribution in [2.24, 2.45) is 5.73 Å². The molecule has 5 nitrogen and oxygen atoms in total. The molecule has 0 radical (unpaired) electrons. The highest BCUT2D eigenvalue weighted by molar-refractivity contribution is 5.81. The number of likely N-dealkylation sites (tertiary alicyclic amines) is 1. The molecule has 1 amide bonds. The lowest BCUT2D eigenvalue weighted by Gasteiger charge is -2.32. The first-order valence-electron chi connectivity index (χ1n) is 5.42. The van der Waals surface area contributed by atoms with Crippen LogP contribution in [0.25, 0.3) is 0 Å². The zero-order chi connectivity index (χ0) is 11.3. The first kappa shape index (κ1) is 12.4. The van der Waals surface area contributed by atoms with Gasteiger partial charge in [0.2, 0.25) is 5.91 Å². The van der Waals surface area contributed by atoms with Crippen molar-refractivity contribution in [3.8, 4) is 0 Å². The van der Waals surface area contributed by atoms with Crippen LogP contribution >= 0.6 is 0 Å². The number of aliphatic hydroxyl groups is 1. The Hall–Kier alpha value is -0.650. The summed E-state index contributed by atoms with van der Waals surface area (Å²) in [6.07, 6.45) is 1.84. The van der Waals surface area contributed by atoms with Gasteiger partial charge in [0.15, 0.2) is 0 Å². The average Bonchev–Trinajstić information content (AvgIpc) is 2.26. The quantitative estimate of drug-likeness (QED) is 0.653. The number of piperidine rings is 1. The number of hydrogen-bond acceptors (Lipinski definition) is 4. The lowest BCUT2D eigenvalue weighted by Crippen LogP contribution is -2.47. The van der Waals surface area contributed by atoms with E-state index in [9.17, 15) is 4.79 Å². The van der Waals surface area contributed by atoms with E-state index in [4.69, 9.17) is 15.6 Å². The summed E-state index contributed by atoms with van der Waals surface area (Å²) in [7, 11) is 0. The molecule has 1 fully saturated rings. The Kier molecular flexibility index (Phi) is 5.01. The standard InChI is InChI=1S/C10H20N2O3/c1-8(11)10(14)12-4-2-9(3-5-12)15-7-6-13/h8-9,13H,2-7,11H2,1H3. The Bertz CT molecular complexity index is 201. The van der Waals surface area contributed by atoms with Gasteiger partial charge in [0.1, 0.15) is 0 Å². The molecule has 0 aromatic carbocycles. The molecule has 3 N–H and O–H groups in total. The maximum atomic E-state index is 11.5. The van der Waals surface area contributed by atoms with Crippen LogP contribution in [0.2, 0.25) is 0 Å². The molecule has 0 aromatic rings. The predicted octanol–water partition coefficient (Wildman–Crippen LogP) is -0.666. The topological polar surface area (TPSA) is 75.8 Å². The summed E-state index contributed by atoms with van der Waals surface area (Å²) < 4.78 is 5.40. The molecular weight excluding hydrogens is 196 g/mol. The predicted molar refractivity (Wildman–Crippen MR) is 56.3 cm³/mol. The Morgan fingerprint density at radius 3 is 2.67 bits per heavy atom. The minimum atomic E-state index is -0.417. The van der Waals surface area contributed by atoms with E-state index in [2.05, 4.69) is 0 Å². The molecule has 0 aliphatic carbocycles. The van der Waals surface area contributed by atoms with E-state index >= 15 is 0 Å². The SMILES string of the molecule is CC(N)C(=O)N1CCC(OCCO)CC1. The third kappa shape index (κ3) is 3.77. The summed E-state index contributed by atoms with van der Waals surface area (Å²) in [6.45, 7) is 3.55. The van der Waals surface area contributed by atoms with E-state index in [1.807, 2.05) is 0 Å². The number of carbonyl (C=O) groups excluding carboxylic acids is 1. The number of ether oxygens (including phenoxy) is 1. The fourth-order valence-electron chi connectivity index (χ4n) is 1.75. The number of carbonyl (C=O) groups is 1. The molecule has 1 aliphatic rings. The molecule has 1 unspecified atom stereocenters. The van der Waals surface area contributed by atoms with Crippen molar-refractivity contribution in [3.63, 3.8) is 0 Å². The van der Waals surface area contributed by atoms with Crippen molar-refractivity contribution in [1.29, 1.82) is 0 Å². The molecule has 1 heterocycles. The van der Waals surface area contributed by atoms with Gasteiger partial charge in [-0.25, -0.2) is 0 Å². The van der Waals surface area contributed by atoms with Gasteiger partial charge in [-0.2, -0.15) is 0 Å². The molecule has 0 bridgehead atoms. The van der Waals surface area contributed by atoms with Gasteiger partial charge in [0.25, 0.3) is 0 Å². The summed E-state index contributed by atoms with van der Waals surface area (Å²) in [6, 6.07) is -0.417. The van der Waals surface area contributed by atoms with E-state index < -0.39 is 6.04 Å². The normalized spacial score (nSPS) is 20.3. The molecule has 1 aliphatic heterocycles. The van der Waals surface area contributed by atoms with Gasteiger partial charge in [-0.15, -0.1) is 0 Å². The second kappa shape index (κ2) is 6.05. The summed E-state index contributed by atoms with van der Waals surface area (Å²) in [5, 5.41) is 8.60. The second-order valence-corrected chi connectivity index (χ2v) is 3.91. The molecule has 1 atom stereocenters. The minimum Gasteiger partial charge on any atom is -0.394 e. The van der Waals surface area contributed by atoms with Crippen LogP contribution in [0.5, 0.6) is 0 Å². The molecular formula is C10H20N2O3. The Morgan fingerprint density at radius 1 is 1.60 bits per heavy atom. The van der Waals surface area contributed by atoms with E-state index in [-0.39, 0.29) is 18.6 Å². The van der Waals surface area contributed by atoms with Crippen LogP contribution in [0, 0.1) is 0 Å². The van der Waals surface area contributed by atoms with Crippen molar-refractivity contribution in [2.75, 3.05) is 26.3 Å². The van der Waals surface area contributed by atoms with Gasteiger partial charge in [-0.05, 0) is 19.8 Å². The number of hydrogen-bond donors (Lipinski definition) is 2. The average molecular weight is 216 g/mol. The van der Waals surface area contributed by atoms with Gasteiger partial charge >= 0.3 is 0 Å². The fourth-order valence-corrected chi connectivity index (χ4v) is 1.75. The number of nitrogens with zero attached hydrogens (tertiary/aromatic N) is 1. The molecule has 0 spiro atoms. The van der Waals surface area contributed by atoms with E-state index in [0.29, 0.717) is 19.7 Å². The van der Waals surface area contributed by atoms with Gasteiger partial charge in [0.05, 0.1) is 25.4 Å². The highest BCUT2D eigenvalue weighted by atomic mass is 16.5. The van der Waals surface area contributed by atoms with Crippen LogP contribution in [-0.2, 0) is 9.53 Å². The van der Waals surface area contributed by atoms with Crippen LogP contribution in [0.4, 0.5) is 0 Å². The largest absolute Gasteiger partial charge is 0.394 e. The Morgan fingerprint density at radius 2 is 2.20 bits per heavy atom. The van der Waals surface area contributed by atoms with E-state index in [1.165, 1.54) is 0 Å². The number of aliphatic hydroxyl groups excluding tert-OH is 1. The lowest BCUT2D eigenvalue weighted by atomic mass is 10.1. The maximum absolute atomic E-state index is 11.5. The van der Waals surface area contributed by atoms with Gasteiger partial charge in [0, 0.05) is 13.1 Å². The smallest absolute Gasteiger partial charge is 0.239 e. The second-order valence-electron chi connectivity index (χ2n) is 3.91. The first-order chi connectivity index (χ1) is 7.15. The van der Waals surface area contributed by atoms with Crippen LogP contribution < -0.4 is 5.73 Å². The van der Waals surface area contributed by atoms with Crippen molar-refractivity contribution < 1.29 is 14.6 Å². The minimum absolute atomic E-state index is 0.00982. The number of nitrogens with two attached hydrogens (primary N) is 1. The summed E-state index contributed by atoms with van der Waals surface area (Å²) in [5.74, 6) is 0.00982. The molecule has 15 heavy (non-hydrogen) atoms. The zero-order valence-corrected chi connectivity index (χ0v) is 9.19. The molecule has 88 valence electrons. The zero-order valence-electron chi connectivity index (χ0n) is 9.19. The molecule has 0 aromatic heterocycles. The van der Waals surface area contributed by atoms with Gasteiger partial charge in [-0.1, -0.05) is 0 Å². The third-order valence-electron chi connectivity index (χ3n) is 2.59. The highest BCUT2D eigenvalue weighted by Crippen LogP contribution is 2.14. The van der Waals surface area contributed by atoms with Crippen molar-refractivity contribution >= 4 is 5.91 Å². The molecule has 0 saturated carbocycles. The van der Waals surface area contributed by atoms with Crippen LogP contribution in [0.15, 0.2) is 0 Å². The fraction of sp³-hybridized carbons (Fsp3) is 0.900. The number of amides is 1. The lowest BCUT2D eigenvalue weighted by molar-refractivity contribution is -0.134. The van der Waals surface area contributed by atoms with Crippen molar-refractivity contribution in [2.45, 2.75) is 31.9 Å². The molecule has 1 saturated heterocycles. The van der Waals surface area contributed by atoms with E-state index in [0.717, 1.165) is 12.8 Å². The first-order valence-corrected chi connectivity index (χ1v) is 5.42. The maximum Gasteiger partial charge on any atom is 0.239 e. The monoisotopic (exact) mass is 216 g/mol. The summed E-state index contributed by atoms with van der Waals surface area (Å²) in [5.41, 5.74) is 5.53. The van der Waals surface area contributed by atoms with Crippen LogP contribution in [-0.4, -0.2) is 54.4 Å². The molecule has 1 rings (SSSR count). The van der Waals surface area contributed by atoms with Crippen molar-refractivity contribution in [1.82, 2.24) is 4.90 Å². The van der Waals surface area contributed by atoms with Crippen molar-refractivity contribution in [3.05, 3.63) is 0 Å². The summed E-state index contributed by atoms with van der Waals surface area (Å²) in [4.78, 5) is 13.3. The van der Waals surface area contributed by atoms with Gasteiger partial charge < -0.3 is 20.5 Å². The summed E-state index contributed by atoms with van der Waals surface area (Å²) >= 11 is 0. The third-order valence-corrected chi connectivity index (χ3v) is 2.59. The Balaban J connectivity index is 2.26.